The van der Waals surface area contributed by atoms with E-state index >= 15 is 0 Å². The predicted octanol–water partition coefficient (Wildman–Crippen LogP) is 3.96. The molecule has 4 heteroatoms. The maximum atomic E-state index is 9.84. The Balaban J connectivity index is 1.93. The van der Waals surface area contributed by atoms with Crippen molar-refractivity contribution in [2.75, 3.05) is 20.1 Å². The van der Waals surface area contributed by atoms with Gasteiger partial charge in [-0.15, -0.1) is 0 Å². The minimum Gasteiger partial charge on any atom is -0.508 e. The highest BCUT2D eigenvalue weighted by Gasteiger charge is 2.38. The SMILES string of the molecule is CN1C[C@@H]2c3cc(O)ccc3Oc3ccc(Cl)cc3[C@H]2C1. The molecule has 21 heavy (non-hydrogen) atoms. The van der Waals surface area contributed by atoms with Gasteiger partial charge in [-0.3, -0.25) is 0 Å². The molecule has 0 radical (unpaired) electrons. The van der Waals surface area contributed by atoms with Crippen LogP contribution in [0.25, 0.3) is 0 Å². The van der Waals surface area contributed by atoms with Gasteiger partial charge in [0.1, 0.15) is 17.2 Å². The van der Waals surface area contributed by atoms with Gasteiger partial charge in [0.15, 0.2) is 0 Å². The number of hydrogen-bond donors (Lipinski definition) is 1. The first-order chi connectivity index (χ1) is 10.1. The number of likely N-dealkylation sites (N-methyl/N-ethyl adjacent to an activating group) is 1. The maximum absolute atomic E-state index is 9.84. The molecule has 2 aromatic carbocycles. The fourth-order valence-electron chi connectivity index (χ4n) is 3.57. The molecule has 0 unspecified atom stereocenters. The molecule has 1 N–H and O–H groups in total. The van der Waals surface area contributed by atoms with Gasteiger partial charge in [-0.05, 0) is 43.4 Å². The van der Waals surface area contributed by atoms with Gasteiger partial charge in [-0.25, -0.2) is 0 Å². The number of nitrogens with zero attached hydrogens (tertiary/aromatic N) is 1. The minimum absolute atomic E-state index is 0.287. The lowest BCUT2D eigenvalue weighted by Crippen LogP contribution is -2.14. The number of hydrogen-bond acceptors (Lipinski definition) is 3. The van der Waals surface area contributed by atoms with E-state index in [2.05, 4.69) is 11.9 Å². The Kier molecular flexibility index (Phi) is 2.88. The lowest BCUT2D eigenvalue weighted by Gasteiger charge is -2.17. The van der Waals surface area contributed by atoms with Gasteiger partial charge in [-0.1, -0.05) is 11.6 Å². The van der Waals surface area contributed by atoms with Crippen LogP contribution in [0.4, 0.5) is 0 Å². The second-order valence-electron chi connectivity index (χ2n) is 5.94. The third-order valence-corrected chi connectivity index (χ3v) is 4.72. The molecule has 2 heterocycles. The number of benzene rings is 2. The Labute approximate surface area is 128 Å². The summed E-state index contributed by atoms with van der Waals surface area (Å²) in [5, 5.41) is 10.6. The highest BCUT2D eigenvalue weighted by Crippen LogP contribution is 2.50. The van der Waals surface area contributed by atoms with Crippen molar-refractivity contribution in [3.05, 3.63) is 52.5 Å². The van der Waals surface area contributed by atoms with E-state index in [-0.39, 0.29) is 5.75 Å². The number of ether oxygens (including phenoxy) is 1. The Morgan fingerprint density at radius 2 is 1.67 bits per heavy atom. The zero-order valence-corrected chi connectivity index (χ0v) is 12.5. The van der Waals surface area contributed by atoms with Crippen molar-refractivity contribution in [3.63, 3.8) is 0 Å². The zero-order chi connectivity index (χ0) is 14.6. The van der Waals surface area contributed by atoms with Gasteiger partial charge in [-0.2, -0.15) is 0 Å². The lowest BCUT2D eigenvalue weighted by atomic mass is 9.84. The summed E-state index contributed by atoms with van der Waals surface area (Å²) in [5.41, 5.74) is 2.24. The van der Waals surface area contributed by atoms with E-state index < -0.39 is 0 Å². The third kappa shape index (κ3) is 2.08. The van der Waals surface area contributed by atoms with Gasteiger partial charge in [0, 0.05) is 41.1 Å². The first-order valence-corrected chi connectivity index (χ1v) is 7.48. The molecular formula is C17H16ClNO2. The van der Waals surface area contributed by atoms with E-state index in [1.165, 1.54) is 0 Å². The van der Waals surface area contributed by atoms with Gasteiger partial charge >= 0.3 is 0 Å². The van der Waals surface area contributed by atoms with E-state index in [9.17, 15) is 5.11 Å². The number of aromatic hydroxyl groups is 1. The zero-order valence-electron chi connectivity index (χ0n) is 11.7. The van der Waals surface area contributed by atoms with Crippen LogP contribution in [0, 0.1) is 0 Å². The molecule has 0 bridgehead atoms. The van der Waals surface area contributed by atoms with E-state index in [4.69, 9.17) is 16.3 Å². The van der Waals surface area contributed by atoms with Crippen LogP contribution in [0.5, 0.6) is 17.2 Å². The average molecular weight is 302 g/mol. The van der Waals surface area contributed by atoms with Gasteiger partial charge in [0.05, 0.1) is 0 Å². The average Bonchev–Trinajstić information content (AvgIpc) is 2.79. The van der Waals surface area contributed by atoms with Gasteiger partial charge < -0.3 is 14.7 Å². The number of phenolic OH excluding ortho intramolecular Hbond substituents is 1. The molecule has 0 amide bonds. The number of likely N-dealkylation sites (tertiary alicyclic amines) is 1. The smallest absolute Gasteiger partial charge is 0.131 e. The van der Waals surface area contributed by atoms with Crippen LogP contribution in [0.3, 0.4) is 0 Å². The summed E-state index contributed by atoms with van der Waals surface area (Å²) in [5.74, 6) is 2.64. The van der Waals surface area contributed by atoms with Crippen LogP contribution in [0.2, 0.25) is 5.02 Å². The Morgan fingerprint density at radius 1 is 1.05 bits per heavy atom. The fourth-order valence-corrected chi connectivity index (χ4v) is 3.75. The first kappa shape index (κ1) is 13.0. The highest BCUT2D eigenvalue weighted by atomic mass is 35.5. The number of fused-ring (bicyclic) bond motifs is 5. The number of phenols is 1. The van der Waals surface area contributed by atoms with E-state index in [0.717, 1.165) is 40.7 Å². The molecule has 1 fully saturated rings. The summed E-state index contributed by atoms with van der Waals surface area (Å²) >= 11 is 6.18. The quantitative estimate of drug-likeness (QED) is 0.799. The van der Waals surface area contributed by atoms with Crippen molar-refractivity contribution in [2.24, 2.45) is 0 Å². The van der Waals surface area contributed by atoms with Crippen LogP contribution < -0.4 is 4.74 Å². The Bertz CT molecular complexity index is 656. The Morgan fingerprint density at radius 3 is 2.38 bits per heavy atom. The summed E-state index contributed by atoms with van der Waals surface area (Å²) in [6, 6.07) is 11.2. The van der Waals surface area contributed by atoms with Gasteiger partial charge in [0.2, 0.25) is 0 Å². The third-order valence-electron chi connectivity index (χ3n) is 4.49. The van der Waals surface area contributed by atoms with Crippen LogP contribution in [0.1, 0.15) is 23.0 Å². The molecule has 0 aromatic heterocycles. The normalized spacial score (nSPS) is 23.7. The molecule has 108 valence electrons. The standard InChI is InChI=1S/C17H16ClNO2/c1-19-8-14-12-6-10(18)2-4-16(12)21-17-5-3-11(20)7-13(17)15(14)9-19/h2-7,14-15,20H,8-9H2,1H3/t14-,15-/m1/s1. The number of rotatable bonds is 0. The molecule has 2 aromatic rings. The summed E-state index contributed by atoms with van der Waals surface area (Å²) < 4.78 is 6.10. The van der Waals surface area contributed by atoms with Crippen molar-refractivity contribution in [1.29, 1.82) is 0 Å². The second-order valence-corrected chi connectivity index (χ2v) is 6.38. The van der Waals surface area contributed by atoms with Crippen molar-refractivity contribution in [1.82, 2.24) is 4.90 Å². The fraction of sp³-hybridized carbons (Fsp3) is 0.294. The second kappa shape index (κ2) is 4.65. The molecule has 0 saturated carbocycles. The van der Waals surface area contributed by atoms with Crippen molar-refractivity contribution in [2.45, 2.75) is 11.8 Å². The molecular weight excluding hydrogens is 286 g/mol. The molecule has 3 nitrogen and oxygen atoms in total. The summed E-state index contributed by atoms with van der Waals surface area (Å²) in [6.07, 6.45) is 0. The van der Waals surface area contributed by atoms with Crippen LogP contribution in [-0.4, -0.2) is 30.1 Å². The molecule has 0 aliphatic carbocycles. The molecule has 4 rings (SSSR count). The van der Waals surface area contributed by atoms with Crippen LogP contribution in [0.15, 0.2) is 36.4 Å². The molecule has 1 saturated heterocycles. The monoisotopic (exact) mass is 301 g/mol. The summed E-state index contributed by atoms with van der Waals surface area (Å²) in [7, 11) is 2.13. The molecule has 2 aliphatic rings. The molecule has 2 atom stereocenters. The van der Waals surface area contributed by atoms with Crippen LogP contribution in [-0.2, 0) is 0 Å². The lowest BCUT2D eigenvalue weighted by molar-refractivity contribution is 0.400. The van der Waals surface area contributed by atoms with Crippen molar-refractivity contribution < 1.29 is 9.84 Å². The topological polar surface area (TPSA) is 32.7 Å². The Hall–Kier alpha value is -1.71. The van der Waals surface area contributed by atoms with Crippen molar-refractivity contribution in [3.8, 4) is 17.2 Å². The summed E-state index contributed by atoms with van der Waals surface area (Å²) in [6.45, 7) is 1.92. The van der Waals surface area contributed by atoms with Gasteiger partial charge in [0.25, 0.3) is 0 Å². The molecule has 0 spiro atoms. The highest BCUT2D eigenvalue weighted by molar-refractivity contribution is 6.30. The van der Waals surface area contributed by atoms with Crippen LogP contribution >= 0.6 is 11.6 Å². The van der Waals surface area contributed by atoms with E-state index in [0.29, 0.717) is 11.8 Å². The van der Waals surface area contributed by atoms with Crippen molar-refractivity contribution >= 4 is 11.6 Å². The predicted molar refractivity (Wildman–Crippen MR) is 82.6 cm³/mol. The minimum atomic E-state index is 0.287. The number of halogens is 1. The maximum Gasteiger partial charge on any atom is 0.131 e. The van der Waals surface area contributed by atoms with E-state index in [1.54, 1.807) is 6.07 Å². The molecule has 2 aliphatic heterocycles. The van der Waals surface area contributed by atoms with E-state index in [1.807, 2.05) is 30.3 Å². The first-order valence-electron chi connectivity index (χ1n) is 7.10. The largest absolute Gasteiger partial charge is 0.508 e. The summed E-state index contributed by atoms with van der Waals surface area (Å²) in [4.78, 5) is 2.32.